The lowest BCUT2D eigenvalue weighted by Crippen LogP contribution is -2.17. The number of carbonyl (C=O) groups is 1. The third-order valence-electron chi connectivity index (χ3n) is 2.72. The normalized spacial score (nSPS) is 10.7. The first-order chi connectivity index (χ1) is 9.13. The summed E-state index contributed by atoms with van der Waals surface area (Å²) in [6.07, 6.45) is 7.45. The van der Waals surface area contributed by atoms with Crippen LogP contribution in [0.1, 0.15) is 30.1 Å². The molecule has 0 aromatic carbocycles. The Bertz CT molecular complexity index is 464. The van der Waals surface area contributed by atoms with Gasteiger partial charge in [-0.25, -0.2) is 9.67 Å². The standard InChI is InChI=1S/C13H21N5O/c1-5-6-7-17(4)8-9-18-12(14-2)11(10-16-18)13(19)15-3/h8-10H,2,5-7H2,1,3-4H3,(H,15,19)/b9-8-. The summed E-state index contributed by atoms with van der Waals surface area (Å²) >= 11 is 0. The van der Waals surface area contributed by atoms with E-state index in [2.05, 4.69) is 33.9 Å². The fourth-order valence-corrected chi connectivity index (χ4v) is 1.58. The van der Waals surface area contributed by atoms with Crippen molar-refractivity contribution in [2.75, 3.05) is 20.6 Å². The Hall–Kier alpha value is -2.11. The van der Waals surface area contributed by atoms with Gasteiger partial charge in [0.05, 0.1) is 6.20 Å². The molecule has 0 aliphatic carbocycles. The molecule has 0 aliphatic heterocycles. The molecular weight excluding hydrogens is 242 g/mol. The van der Waals surface area contributed by atoms with E-state index in [4.69, 9.17) is 0 Å². The number of nitrogens with one attached hydrogen (secondary N) is 1. The Morgan fingerprint density at radius 2 is 2.42 bits per heavy atom. The molecule has 1 aromatic rings. The monoisotopic (exact) mass is 263 g/mol. The van der Waals surface area contributed by atoms with Gasteiger partial charge in [0.2, 0.25) is 0 Å². The van der Waals surface area contributed by atoms with Crippen LogP contribution in [0.2, 0.25) is 0 Å². The van der Waals surface area contributed by atoms with Crippen molar-refractivity contribution in [2.45, 2.75) is 19.8 Å². The largest absolute Gasteiger partial charge is 0.379 e. The van der Waals surface area contributed by atoms with Crippen LogP contribution >= 0.6 is 0 Å². The summed E-state index contributed by atoms with van der Waals surface area (Å²) in [6.45, 7) is 6.61. The molecule has 0 atom stereocenters. The predicted molar refractivity (Wildman–Crippen MR) is 77.7 cm³/mol. The van der Waals surface area contributed by atoms with Crippen molar-refractivity contribution in [3.8, 4) is 0 Å². The summed E-state index contributed by atoms with van der Waals surface area (Å²) in [5, 5.41) is 6.66. The van der Waals surface area contributed by atoms with E-state index in [0.717, 1.165) is 19.4 Å². The maximum atomic E-state index is 11.6. The first-order valence-corrected chi connectivity index (χ1v) is 6.28. The number of rotatable bonds is 7. The van der Waals surface area contributed by atoms with Gasteiger partial charge in [0.1, 0.15) is 5.56 Å². The lowest BCUT2D eigenvalue weighted by atomic mass is 10.3. The minimum Gasteiger partial charge on any atom is -0.379 e. The molecule has 0 unspecified atom stereocenters. The van der Waals surface area contributed by atoms with Crippen molar-refractivity contribution in [2.24, 2.45) is 4.99 Å². The van der Waals surface area contributed by atoms with E-state index in [-0.39, 0.29) is 5.91 Å². The summed E-state index contributed by atoms with van der Waals surface area (Å²) in [5.41, 5.74) is 0.415. The summed E-state index contributed by atoms with van der Waals surface area (Å²) in [6, 6.07) is 0. The Balaban J connectivity index is 2.84. The molecule has 6 nitrogen and oxygen atoms in total. The number of hydrogen-bond donors (Lipinski definition) is 1. The summed E-state index contributed by atoms with van der Waals surface area (Å²) in [7, 11) is 3.57. The zero-order chi connectivity index (χ0) is 14.3. The number of nitrogens with zero attached hydrogens (tertiary/aromatic N) is 4. The minimum atomic E-state index is -0.221. The molecule has 1 heterocycles. The van der Waals surface area contributed by atoms with Gasteiger partial charge < -0.3 is 10.2 Å². The van der Waals surface area contributed by atoms with E-state index >= 15 is 0 Å². The highest BCUT2D eigenvalue weighted by atomic mass is 16.1. The summed E-state index contributed by atoms with van der Waals surface area (Å²) < 4.78 is 1.54. The van der Waals surface area contributed by atoms with E-state index in [1.54, 1.807) is 17.9 Å². The molecule has 0 spiro atoms. The minimum absolute atomic E-state index is 0.221. The van der Waals surface area contributed by atoms with Crippen molar-refractivity contribution in [3.63, 3.8) is 0 Å². The van der Waals surface area contributed by atoms with Gasteiger partial charge >= 0.3 is 0 Å². The van der Waals surface area contributed by atoms with Crippen molar-refractivity contribution in [3.05, 3.63) is 18.0 Å². The Kier molecular flexibility index (Phi) is 5.78. The van der Waals surface area contributed by atoms with Gasteiger partial charge in [0.15, 0.2) is 5.82 Å². The molecule has 0 saturated heterocycles. The molecule has 0 aliphatic rings. The molecule has 0 fully saturated rings. The molecule has 0 radical (unpaired) electrons. The van der Waals surface area contributed by atoms with Gasteiger partial charge in [-0.1, -0.05) is 13.3 Å². The maximum absolute atomic E-state index is 11.6. The van der Waals surface area contributed by atoms with Crippen LogP contribution in [0.5, 0.6) is 0 Å². The number of aliphatic imine (C=N–C) groups is 1. The third-order valence-corrected chi connectivity index (χ3v) is 2.72. The number of hydrogen-bond acceptors (Lipinski definition) is 4. The fraction of sp³-hybridized carbons (Fsp3) is 0.462. The van der Waals surface area contributed by atoms with Crippen LogP contribution in [0.25, 0.3) is 6.20 Å². The zero-order valence-electron chi connectivity index (χ0n) is 11.8. The van der Waals surface area contributed by atoms with Crippen LogP contribution in [0.3, 0.4) is 0 Å². The fourth-order valence-electron chi connectivity index (χ4n) is 1.58. The lowest BCUT2D eigenvalue weighted by molar-refractivity contribution is 0.0964. The lowest BCUT2D eigenvalue weighted by Gasteiger charge is -2.12. The second-order valence-electron chi connectivity index (χ2n) is 4.20. The van der Waals surface area contributed by atoms with Crippen LogP contribution in [-0.2, 0) is 0 Å². The number of amides is 1. The van der Waals surface area contributed by atoms with E-state index in [1.807, 2.05) is 13.2 Å². The molecule has 1 amide bonds. The Labute approximate surface area is 113 Å². The highest BCUT2D eigenvalue weighted by Crippen LogP contribution is 2.18. The molecule has 19 heavy (non-hydrogen) atoms. The van der Waals surface area contributed by atoms with Crippen LogP contribution < -0.4 is 5.32 Å². The van der Waals surface area contributed by atoms with E-state index in [0.29, 0.717) is 11.4 Å². The number of unbranched alkanes of at least 4 members (excludes halogenated alkanes) is 1. The smallest absolute Gasteiger partial charge is 0.256 e. The molecule has 1 N–H and O–H groups in total. The van der Waals surface area contributed by atoms with Crippen molar-refractivity contribution in [1.29, 1.82) is 0 Å². The summed E-state index contributed by atoms with van der Waals surface area (Å²) in [5.74, 6) is 0.223. The average molecular weight is 263 g/mol. The maximum Gasteiger partial charge on any atom is 0.256 e. The van der Waals surface area contributed by atoms with Crippen LogP contribution in [0.15, 0.2) is 17.4 Å². The first-order valence-electron chi connectivity index (χ1n) is 6.28. The van der Waals surface area contributed by atoms with Gasteiger partial charge in [-0.2, -0.15) is 5.10 Å². The molecule has 0 saturated carbocycles. The van der Waals surface area contributed by atoms with Gasteiger partial charge in [0, 0.05) is 33.0 Å². The molecule has 1 aromatic heterocycles. The zero-order valence-corrected chi connectivity index (χ0v) is 11.8. The molecule has 104 valence electrons. The third kappa shape index (κ3) is 3.94. The van der Waals surface area contributed by atoms with Crippen LogP contribution in [0.4, 0.5) is 5.82 Å². The van der Waals surface area contributed by atoms with Crippen LogP contribution in [0, 0.1) is 0 Å². The first kappa shape index (κ1) is 14.9. The van der Waals surface area contributed by atoms with Crippen LogP contribution in [-0.4, -0.2) is 47.9 Å². The van der Waals surface area contributed by atoms with E-state index < -0.39 is 0 Å². The highest BCUT2D eigenvalue weighted by Gasteiger charge is 2.14. The van der Waals surface area contributed by atoms with Gasteiger partial charge in [-0.3, -0.25) is 4.79 Å². The summed E-state index contributed by atoms with van der Waals surface area (Å²) in [4.78, 5) is 17.5. The Morgan fingerprint density at radius 3 is 3.00 bits per heavy atom. The Morgan fingerprint density at radius 1 is 1.68 bits per heavy atom. The van der Waals surface area contributed by atoms with Gasteiger partial charge in [-0.15, -0.1) is 0 Å². The molecule has 6 heteroatoms. The van der Waals surface area contributed by atoms with E-state index in [1.165, 1.54) is 6.20 Å². The highest BCUT2D eigenvalue weighted by molar-refractivity contribution is 5.98. The molecular formula is C13H21N5O. The molecule has 1 rings (SSSR count). The quantitative estimate of drug-likeness (QED) is 0.762. The topological polar surface area (TPSA) is 62.5 Å². The van der Waals surface area contributed by atoms with Crippen molar-refractivity contribution < 1.29 is 4.79 Å². The average Bonchev–Trinajstić information content (AvgIpc) is 2.84. The van der Waals surface area contributed by atoms with Crippen molar-refractivity contribution >= 4 is 24.6 Å². The number of carbonyl (C=O) groups excluding carboxylic acids is 1. The van der Waals surface area contributed by atoms with Gasteiger partial charge in [-0.05, 0) is 13.1 Å². The molecule has 0 bridgehead atoms. The number of aromatic nitrogens is 2. The van der Waals surface area contributed by atoms with E-state index in [9.17, 15) is 4.79 Å². The second kappa shape index (κ2) is 7.35. The van der Waals surface area contributed by atoms with Crippen molar-refractivity contribution in [1.82, 2.24) is 20.0 Å². The predicted octanol–water partition coefficient (Wildman–Crippen LogP) is 1.73. The second-order valence-corrected chi connectivity index (χ2v) is 4.20. The van der Waals surface area contributed by atoms with Gasteiger partial charge in [0.25, 0.3) is 5.91 Å². The SMILES string of the molecule is C=Nc1c(C(=O)NC)cnn1/C=C\N(C)CCCC.